The Morgan fingerprint density at radius 3 is 2.51 bits per heavy atom. The Kier molecular flexibility index (Phi) is 6.80. The van der Waals surface area contributed by atoms with E-state index >= 15 is 0 Å². The van der Waals surface area contributed by atoms with Gasteiger partial charge in [-0.2, -0.15) is 23.4 Å². The number of fused-ring (bicyclic) bond motifs is 2. The van der Waals surface area contributed by atoms with Crippen molar-refractivity contribution in [3.05, 3.63) is 102 Å². The van der Waals surface area contributed by atoms with Gasteiger partial charge in [0.2, 0.25) is 0 Å². The molecule has 1 N–H and O–H groups in total. The first kappa shape index (κ1) is 27.5. The second-order valence-corrected chi connectivity index (χ2v) is 9.21. The Hall–Kier alpha value is -5.66. The average molecular weight is 590 g/mol. The maximum absolute atomic E-state index is 13.9. The monoisotopic (exact) mass is 589 g/mol. The highest BCUT2D eigenvalue weighted by Gasteiger charge is 2.35. The van der Waals surface area contributed by atoms with Crippen molar-refractivity contribution < 1.29 is 31.9 Å². The van der Waals surface area contributed by atoms with E-state index in [1.54, 1.807) is 37.3 Å². The Morgan fingerprint density at radius 2 is 1.77 bits per heavy atom. The van der Waals surface area contributed by atoms with Crippen LogP contribution >= 0.6 is 0 Å². The third-order valence-electron chi connectivity index (χ3n) is 6.40. The highest BCUT2D eigenvalue weighted by Crippen LogP contribution is 2.32. The van der Waals surface area contributed by atoms with Gasteiger partial charge in [0.05, 0.1) is 24.2 Å². The molecule has 0 saturated heterocycles. The topological polar surface area (TPSA) is 116 Å². The van der Waals surface area contributed by atoms with Crippen LogP contribution in [0.3, 0.4) is 0 Å². The average Bonchev–Trinajstić information content (AvgIpc) is 3.62. The van der Waals surface area contributed by atoms with Crippen LogP contribution in [0.2, 0.25) is 0 Å². The lowest BCUT2D eigenvalue weighted by atomic mass is 10.1. The molecule has 14 heteroatoms. The van der Waals surface area contributed by atoms with Gasteiger partial charge in [0.15, 0.2) is 22.7 Å². The summed E-state index contributed by atoms with van der Waals surface area (Å²) in [6.45, 7) is 1.87. The molecule has 0 aliphatic rings. The minimum absolute atomic E-state index is 0.0622. The molecule has 6 rings (SSSR count). The summed E-state index contributed by atoms with van der Waals surface area (Å²) < 4.78 is 62.3. The molecular formula is C29H19F4N7O3. The van der Waals surface area contributed by atoms with Gasteiger partial charge in [-0.1, -0.05) is 12.1 Å². The van der Waals surface area contributed by atoms with E-state index in [1.165, 1.54) is 29.0 Å². The van der Waals surface area contributed by atoms with Crippen LogP contribution in [0.4, 0.5) is 23.2 Å². The summed E-state index contributed by atoms with van der Waals surface area (Å²) in [5.74, 6) is -1.89. The van der Waals surface area contributed by atoms with E-state index in [-0.39, 0.29) is 40.4 Å². The molecule has 0 saturated carbocycles. The number of nitrogens with one attached hydrogen (secondary N) is 1. The van der Waals surface area contributed by atoms with Gasteiger partial charge >= 0.3 is 12.1 Å². The zero-order valence-corrected chi connectivity index (χ0v) is 22.1. The summed E-state index contributed by atoms with van der Waals surface area (Å²) in [7, 11) is 0. The lowest BCUT2D eigenvalue weighted by Gasteiger charge is -2.11. The number of hydrogen-bond donors (Lipinski definition) is 1. The van der Waals surface area contributed by atoms with Crippen molar-refractivity contribution in [3.63, 3.8) is 0 Å². The second-order valence-electron chi connectivity index (χ2n) is 9.21. The van der Waals surface area contributed by atoms with Gasteiger partial charge in [-0.25, -0.2) is 28.2 Å². The molecule has 0 aliphatic carbocycles. The predicted octanol–water partition coefficient (Wildman–Crippen LogP) is 5.69. The van der Waals surface area contributed by atoms with Crippen molar-refractivity contribution in [1.29, 1.82) is 0 Å². The van der Waals surface area contributed by atoms with Crippen LogP contribution in [0.5, 0.6) is 0 Å². The Labute approximate surface area is 239 Å². The van der Waals surface area contributed by atoms with Gasteiger partial charge in [0.1, 0.15) is 11.4 Å². The third kappa shape index (κ3) is 5.25. The highest BCUT2D eigenvalue weighted by atomic mass is 19.4. The molecule has 6 aromatic rings. The van der Waals surface area contributed by atoms with Crippen LogP contribution < -0.4 is 5.32 Å². The summed E-state index contributed by atoms with van der Waals surface area (Å²) in [5, 5.41) is 10.8. The van der Waals surface area contributed by atoms with E-state index in [9.17, 15) is 27.2 Å². The number of carbonyl (C=O) groups excluding carboxylic acids is 2. The van der Waals surface area contributed by atoms with Crippen LogP contribution in [0.25, 0.3) is 33.8 Å². The zero-order valence-electron chi connectivity index (χ0n) is 22.1. The SMILES string of the molecule is CCOC(=O)c1cnn2c(-c3cccc(NC(=O)c4cc5nc(-c6ccc(F)cc6)cc(C(F)(F)F)n5n4)c3)ccnc12. The number of benzene rings is 2. The van der Waals surface area contributed by atoms with Gasteiger partial charge in [-0.05, 0) is 55.5 Å². The molecule has 0 unspecified atom stereocenters. The number of aromatic nitrogens is 6. The van der Waals surface area contributed by atoms with E-state index in [0.29, 0.717) is 21.5 Å². The van der Waals surface area contributed by atoms with Gasteiger partial charge in [-0.3, -0.25) is 4.79 Å². The number of alkyl halides is 3. The molecule has 0 aliphatic heterocycles. The Morgan fingerprint density at radius 1 is 0.977 bits per heavy atom. The second kappa shape index (κ2) is 10.6. The van der Waals surface area contributed by atoms with Gasteiger partial charge in [0, 0.05) is 29.1 Å². The molecule has 10 nitrogen and oxygen atoms in total. The smallest absolute Gasteiger partial charge is 0.433 e. The van der Waals surface area contributed by atoms with Crippen molar-refractivity contribution in [1.82, 2.24) is 29.2 Å². The Balaban J connectivity index is 1.32. The number of rotatable bonds is 6. The predicted molar refractivity (Wildman–Crippen MR) is 146 cm³/mol. The molecular weight excluding hydrogens is 570 g/mol. The van der Waals surface area contributed by atoms with Crippen LogP contribution in [0, 0.1) is 5.82 Å². The van der Waals surface area contributed by atoms with Gasteiger partial charge < -0.3 is 10.1 Å². The quantitative estimate of drug-likeness (QED) is 0.196. The van der Waals surface area contributed by atoms with Crippen LogP contribution in [-0.2, 0) is 10.9 Å². The van der Waals surface area contributed by atoms with Crippen molar-refractivity contribution >= 4 is 28.9 Å². The van der Waals surface area contributed by atoms with Gasteiger partial charge in [-0.15, -0.1) is 0 Å². The lowest BCUT2D eigenvalue weighted by Crippen LogP contribution is -2.15. The first-order valence-electron chi connectivity index (χ1n) is 12.8. The number of halogens is 4. The van der Waals surface area contributed by atoms with Crippen molar-refractivity contribution in [2.75, 3.05) is 11.9 Å². The molecule has 216 valence electrons. The van der Waals surface area contributed by atoms with E-state index in [1.807, 2.05) is 0 Å². The number of nitrogens with zero attached hydrogens (tertiary/aromatic N) is 6. The Bertz CT molecular complexity index is 2020. The highest BCUT2D eigenvalue weighted by molar-refractivity contribution is 6.04. The van der Waals surface area contributed by atoms with E-state index in [4.69, 9.17) is 4.74 Å². The largest absolute Gasteiger partial charge is 0.462 e. The van der Waals surface area contributed by atoms with E-state index in [0.717, 1.165) is 24.3 Å². The molecule has 43 heavy (non-hydrogen) atoms. The molecule has 0 atom stereocenters. The summed E-state index contributed by atoms with van der Waals surface area (Å²) >= 11 is 0. The summed E-state index contributed by atoms with van der Waals surface area (Å²) in [6.07, 6.45) is -1.97. The van der Waals surface area contributed by atoms with Crippen LogP contribution in [0.15, 0.2) is 79.1 Å². The molecule has 2 aromatic carbocycles. The minimum Gasteiger partial charge on any atom is -0.462 e. The number of amides is 1. The zero-order chi connectivity index (χ0) is 30.3. The fourth-order valence-corrected chi connectivity index (χ4v) is 4.47. The molecule has 0 spiro atoms. The van der Waals surface area contributed by atoms with Crippen LogP contribution in [-0.4, -0.2) is 47.7 Å². The summed E-state index contributed by atoms with van der Waals surface area (Å²) in [6, 6.07) is 15.1. The number of anilines is 1. The summed E-state index contributed by atoms with van der Waals surface area (Å²) in [4.78, 5) is 33.8. The maximum Gasteiger partial charge on any atom is 0.433 e. The first-order chi connectivity index (χ1) is 20.6. The molecule has 4 aromatic heterocycles. The molecule has 0 bridgehead atoms. The molecule has 1 amide bonds. The standard InChI is InChI=1S/C29H19F4N7O3/c1-2-43-28(42)20-15-35-39-23(10-11-34-26(20)39)17-4-3-5-19(12-17)36-27(41)22-14-25-37-21(16-6-8-18(30)9-7-16)13-24(29(31,32)33)40(25)38-22/h3-15H,2H2,1H3,(H,36,41). The number of ether oxygens (including phenoxy) is 1. The normalized spacial score (nSPS) is 11.7. The van der Waals surface area contributed by atoms with E-state index in [2.05, 4.69) is 25.5 Å². The molecule has 4 heterocycles. The van der Waals surface area contributed by atoms with E-state index < -0.39 is 29.6 Å². The van der Waals surface area contributed by atoms with Crippen molar-refractivity contribution in [2.24, 2.45) is 0 Å². The first-order valence-corrected chi connectivity index (χ1v) is 12.8. The van der Waals surface area contributed by atoms with Crippen molar-refractivity contribution in [3.8, 4) is 22.5 Å². The molecule has 0 radical (unpaired) electrons. The summed E-state index contributed by atoms with van der Waals surface area (Å²) in [5.41, 5.74) is 0.459. The minimum atomic E-state index is -4.82. The van der Waals surface area contributed by atoms with Crippen LogP contribution in [0.1, 0.15) is 33.5 Å². The lowest BCUT2D eigenvalue weighted by molar-refractivity contribution is -0.142. The third-order valence-corrected chi connectivity index (χ3v) is 6.40. The number of esters is 1. The van der Waals surface area contributed by atoms with Crippen molar-refractivity contribution in [2.45, 2.75) is 13.1 Å². The number of carbonyl (C=O) groups is 2. The maximum atomic E-state index is 13.9. The fraction of sp³-hybridized carbons (Fsp3) is 0.103. The number of hydrogen-bond acceptors (Lipinski definition) is 7. The fourth-order valence-electron chi connectivity index (χ4n) is 4.47. The van der Waals surface area contributed by atoms with Gasteiger partial charge in [0.25, 0.3) is 5.91 Å². The molecule has 0 fully saturated rings.